The van der Waals surface area contributed by atoms with E-state index in [1.165, 1.54) is 39.9 Å². The van der Waals surface area contributed by atoms with E-state index in [0.29, 0.717) is 11.4 Å². The van der Waals surface area contributed by atoms with E-state index >= 15 is 0 Å². The number of rotatable bonds is 4. The maximum absolute atomic E-state index is 13.4. The zero-order valence-electron chi connectivity index (χ0n) is 18.1. The molecule has 0 saturated carbocycles. The van der Waals surface area contributed by atoms with Crippen molar-refractivity contribution in [3.63, 3.8) is 0 Å². The summed E-state index contributed by atoms with van der Waals surface area (Å²) in [6, 6.07) is 9.28. The second-order valence-electron chi connectivity index (χ2n) is 7.88. The zero-order chi connectivity index (χ0) is 25.5. The van der Waals surface area contributed by atoms with Gasteiger partial charge in [-0.3, -0.25) is 14.7 Å². The smallest absolute Gasteiger partial charge is 0.425 e. The third kappa shape index (κ3) is 4.61. The molecule has 1 atom stereocenters. The third-order valence-electron chi connectivity index (χ3n) is 5.63. The van der Waals surface area contributed by atoms with Gasteiger partial charge in [-0.15, -0.1) is 0 Å². The number of H-pyrrole nitrogens is 1. The molecule has 1 aliphatic heterocycles. The molecule has 2 heterocycles. The lowest BCUT2D eigenvalue weighted by atomic mass is 10.0. The van der Waals surface area contributed by atoms with E-state index in [-0.39, 0.29) is 41.2 Å². The van der Waals surface area contributed by atoms with Crippen LogP contribution in [0.5, 0.6) is 5.75 Å². The number of carbonyl (C=O) groups is 1. The van der Waals surface area contributed by atoms with Gasteiger partial charge < -0.3 is 9.64 Å². The number of aromatic amines is 1. The van der Waals surface area contributed by atoms with Gasteiger partial charge in [0.1, 0.15) is 23.2 Å². The molecule has 182 valence electrons. The predicted octanol–water partition coefficient (Wildman–Crippen LogP) is 4.36. The normalized spacial score (nSPS) is 14.3. The van der Waals surface area contributed by atoms with E-state index in [0.717, 1.165) is 13.0 Å². The zero-order valence-corrected chi connectivity index (χ0v) is 18.9. The topological polar surface area (TPSA) is 91.1 Å². The van der Waals surface area contributed by atoms with Crippen LogP contribution < -0.4 is 10.3 Å². The summed E-state index contributed by atoms with van der Waals surface area (Å²) in [4.78, 5) is 27.6. The molecule has 3 aromatic rings. The number of ether oxygens (including phenoxy) is 1. The maximum atomic E-state index is 13.4. The Kier molecular flexibility index (Phi) is 6.34. The van der Waals surface area contributed by atoms with Crippen LogP contribution in [0.4, 0.5) is 17.6 Å². The number of alkyl halides is 3. The average molecular weight is 509 g/mol. The number of hydrogen-bond acceptors (Lipinski definition) is 4. The molecular weight excluding hydrogens is 492 g/mol. The first-order chi connectivity index (χ1) is 16.5. The van der Waals surface area contributed by atoms with Crippen LogP contribution in [0.1, 0.15) is 34.1 Å². The number of nitrogens with zero attached hydrogens (tertiary/aromatic N) is 3. The molecular formula is C23H17ClF4N4O3. The lowest BCUT2D eigenvalue weighted by molar-refractivity contribution is -0.189. The van der Waals surface area contributed by atoms with Crippen molar-refractivity contribution in [2.45, 2.75) is 32.2 Å². The average Bonchev–Trinajstić information content (AvgIpc) is 3.14. The number of nitrogens with one attached hydrogen (secondary N) is 1. The molecule has 0 spiro atoms. The summed E-state index contributed by atoms with van der Waals surface area (Å²) >= 11 is 6.22. The minimum Gasteiger partial charge on any atom is -0.480 e. The van der Waals surface area contributed by atoms with Gasteiger partial charge in [-0.25, -0.2) is 9.07 Å². The highest BCUT2D eigenvalue weighted by Gasteiger charge is 2.39. The Bertz CT molecular complexity index is 1390. The number of carbonyl (C=O) groups excluding carboxylic acids is 1. The molecule has 0 radical (unpaired) electrons. The number of benzene rings is 2. The minimum absolute atomic E-state index is 0.111. The van der Waals surface area contributed by atoms with Crippen molar-refractivity contribution >= 4 is 17.5 Å². The summed E-state index contributed by atoms with van der Waals surface area (Å²) in [7, 11) is 0. The number of fused-ring (bicyclic) bond motifs is 1. The number of halogens is 5. The standard InChI is InChI=1S/C23H17ClF4N4O3/c1-12(23(26,27)28)35-18-7-2-13(10-29)20(24)19(18)22(34)31-9-8-17-16(11-31)21(33)32(30-17)15-5-3-14(25)4-6-15/h2-7,12,30H,8-9,11H2,1H3. The maximum Gasteiger partial charge on any atom is 0.425 e. The van der Waals surface area contributed by atoms with Gasteiger partial charge in [0.2, 0.25) is 0 Å². The minimum atomic E-state index is -4.70. The van der Waals surface area contributed by atoms with Crippen molar-refractivity contribution in [3.8, 4) is 17.5 Å². The molecule has 0 aliphatic carbocycles. The summed E-state index contributed by atoms with van der Waals surface area (Å²) in [6.45, 7) is 0.751. The fourth-order valence-corrected chi connectivity index (χ4v) is 3.99. The monoisotopic (exact) mass is 508 g/mol. The van der Waals surface area contributed by atoms with Gasteiger partial charge in [0.05, 0.1) is 28.4 Å². The van der Waals surface area contributed by atoms with Crippen molar-refractivity contribution in [3.05, 3.63) is 80.0 Å². The van der Waals surface area contributed by atoms with Gasteiger partial charge in [-0.1, -0.05) is 11.6 Å². The molecule has 1 N–H and O–H groups in total. The summed E-state index contributed by atoms with van der Waals surface area (Å²) in [5.41, 5.74) is 0.281. The van der Waals surface area contributed by atoms with E-state index in [2.05, 4.69) is 5.10 Å². The molecule has 4 rings (SSSR count). The molecule has 35 heavy (non-hydrogen) atoms. The van der Waals surface area contributed by atoms with E-state index in [4.69, 9.17) is 16.3 Å². The van der Waals surface area contributed by atoms with Crippen LogP contribution in [0.15, 0.2) is 41.2 Å². The summed E-state index contributed by atoms with van der Waals surface area (Å²) in [5.74, 6) is -1.67. The van der Waals surface area contributed by atoms with Crippen LogP contribution in [0.25, 0.3) is 5.69 Å². The van der Waals surface area contributed by atoms with E-state index in [1.54, 1.807) is 6.07 Å². The summed E-state index contributed by atoms with van der Waals surface area (Å²) in [5, 5.41) is 11.9. The van der Waals surface area contributed by atoms with Crippen molar-refractivity contribution < 1.29 is 27.1 Å². The highest BCUT2D eigenvalue weighted by atomic mass is 35.5. The van der Waals surface area contributed by atoms with Crippen LogP contribution >= 0.6 is 11.6 Å². The molecule has 1 aliphatic rings. The molecule has 0 fully saturated rings. The fourth-order valence-electron chi connectivity index (χ4n) is 3.71. The van der Waals surface area contributed by atoms with E-state index in [1.807, 2.05) is 0 Å². The van der Waals surface area contributed by atoms with Gasteiger partial charge >= 0.3 is 6.18 Å². The number of amides is 1. The molecule has 12 heteroatoms. The van der Waals surface area contributed by atoms with Gasteiger partial charge in [0.15, 0.2) is 6.10 Å². The first kappa shape index (κ1) is 24.3. The first-order valence-electron chi connectivity index (χ1n) is 10.3. The lowest BCUT2D eigenvalue weighted by Crippen LogP contribution is -2.38. The van der Waals surface area contributed by atoms with Gasteiger partial charge in [-0.2, -0.15) is 18.4 Å². The summed E-state index contributed by atoms with van der Waals surface area (Å²) < 4.78 is 58.7. The molecule has 1 unspecified atom stereocenters. The second-order valence-corrected chi connectivity index (χ2v) is 8.25. The fraction of sp³-hybridized carbons (Fsp3) is 0.261. The molecule has 7 nitrogen and oxygen atoms in total. The first-order valence-corrected chi connectivity index (χ1v) is 10.7. The Hall–Kier alpha value is -3.78. The van der Waals surface area contributed by atoms with Crippen LogP contribution in [-0.4, -0.2) is 39.4 Å². The summed E-state index contributed by atoms with van der Waals surface area (Å²) in [6.07, 6.45) is -6.69. The molecule has 0 bridgehead atoms. The third-order valence-corrected chi connectivity index (χ3v) is 6.02. The lowest BCUT2D eigenvalue weighted by Gasteiger charge is -2.28. The Balaban J connectivity index is 1.68. The number of nitriles is 1. The van der Waals surface area contributed by atoms with Crippen molar-refractivity contribution in [2.75, 3.05) is 6.54 Å². The van der Waals surface area contributed by atoms with Crippen molar-refractivity contribution in [1.29, 1.82) is 5.26 Å². The Morgan fingerprint density at radius 2 is 1.91 bits per heavy atom. The van der Waals surface area contributed by atoms with Crippen molar-refractivity contribution in [1.82, 2.24) is 14.7 Å². The van der Waals surface area contributed by atoms with E-state index < -0.39 is 35.3 Å². The largest absolute Gasteiger partial charge is 0.480 e. The van der Waals surface area contributed by atoms with Crippen LogP contribution in [0.2, 0.25) is 5.02 Å². The predicted molar refractivity (Wildman–Crippen MR) is 117 cm³/mol. The van der Waals surface area contributed by atoms with Crippen molar-refractivity contribution in [2.24, 2.45) is 0 Å². The Labute approximate surface area is 201 Å². The Morgan fingerprint density at radius 1 is 1.23 bits per heavy atom. The van der Waals surface area contributed by atoms with Gasteiger partial charge in [0.25, 0.3) is 11.5 Å². The van der Waals surface area contributed by atoms with Crippen LogP contribution in [0, 0.1) is 17.1 Å². The molecule has 1 amide bonds. The molecule has 2 aromatic carbocycles. The van der Waals surface area contributed by atoms with Gasteiger partial charge in [-0.05, 0) is 43.3 Å². The van der Waals surface area contributed by atoms with E-state index in [9.17, 15) is 32.4 Å². The quantitative estimate of drug-likeness (QED) is 0.530. The second kappa shape index (κ2) is 9.11. The van der Waals surface area contributed by atoms with Crippen LogP contribution in [0.3, 0.4) is 0 Å². The number of aromatic nitrogens is 2. The molecule has 0 saturated heterocycles. The Morgan fingerprint density at radius 3 is 2.54 bits per heavy atom. The van der Waals surface area contributed by atoms with Gasteiger partial charge in [0, 0.05) is 18.7 Å². The molecule has 1 aromatic heterocycles. The highest BCUT2D eigenvalue weighted by Crippen LogP contribution is 2.35. The van der Waals surface area contributed by atoms with Crippen LogP contribution in [-0.2, 0) is 13.0 Å². The highest BCUT2D eigenvalue weighted by molar-refractivity contribution is 6.35. The number of hydrogen-bond donors (Lipinski definition) is 1. The SMILES string of the molecule is CC(Oc1ccc(C#N)c(Cl)c1C(=O)N1CCc2[nH]n(-c3ccc(F)cc3)c(=O)c2C1)C(F)(F)F.